The number of fused-ring (bicyclic) bond motifs is 2. The largest absolute Gasteiger partial charge is 0.482 e. The number of carbonyl (C=O) groups excluding carboxylic acids is 1. The Balaban J connectivity index is 1.48. The van der Waals surface area contributed by atoms with E-state index in [1.165, 1.54) is 10.6 Å². The first-order valence-electron chi connectivity index (χ1n) is 14.2. The summed E-state index contributed by atoms with van der Waals surface area (Å²) in [6.07, 6.45) is 5.30. The van der Waals surface area contributed by atoms with Crippen molar-refractivity contribution in [3.8, 4) is 17.3 Å². The van der Waals surface area contributed by atoms with Gasteiger partial charge in [-0.05, 0) is 69.7 Å². The fraction of sp³-hybridized carbons (Fsp3) is 0.483. The number of hydrogen-bond acceptors (Lipinski definition) is 7. The van der Waals surface area contributed by atoms with E-state index in [9.17, 15) is 13.2 Å². The molecule has 6 rings (SSSR count). The van der Waals surface area contributed by atoms with Crippen LogP contribution in [0.1, 0.15) is 48.7 Å². The number of nitrogens with two attached hydrogens (primary N) is 1. The van der Waals surface area contributed by atoms with Crippen LogP contribution in [0.5, 0.6) is 5.88 Å². The van der Waals surface area contributed by atoms with Crippen molar-refractivity contribution in [2.75, 3.05) is 37.3 Å². The molecule has 11 nitrogen and oxygen atoms in total. The second kappa shape index (κ2) is 10.3. The zero-order chi connectivity index (χ0) is 29.1. The topological polar surface area (TPSA) is 128 Å². The molecule has 0 spiro atoms. The number of imidazole rings is 1. The molecular weight excluding hydrogens is 542 g/mol. The van der Waals surface area contributed by atoms with Crippen molar-refractivity contribution in [1.29, 1.82) is 0 Å². The number of aromatic nitrogens is 4. The summed E-state index contributed by atoms with van der Waals surface area (Å²) in [5, 5.41) is 0.912. The predicted octanol–water partition coefficient (Wildman–Crippen LogP) is 3.43. The minimum absolute atomic E-state index is 0.0112. The van der Waals surface area contributed by atoms with Gasteiger partial charge in [-0.25, -0.2) is 18.4 Å². The van der Waals surface area contributed by atoms with Crippen molar-refractivity contribution in [3.05, 3.63) is 41.6 Å². The molecule has 4 aromatic rings. The first-order chi connectivity index (χ1) is 19.6. The standard InChI is InChI=1S/C29H37N7O4S/c1-5-35(41(4,38)39)24-11-10-20-13-23(34(28(20)32-24)16-19-8-9-19)27-18(2)36-25(31-27)14-21(15-26(36)40-3)29(37)33-12-6-7-22(30)17-33/h10-11,13-15,19,22H,5-9,12,16-17,30H2,1-4H3/t22-/m1/s1. The Morgan fingerprint density at radius 1 is 1.17 bits per heavy atom. The number of anilines is 1. The summed E-state index contributed by atoms with van der Waals surface area (Å²) in [7, 11) is -1.87. The summed E-state index contributed by atoms with van der Waals surface area (Å²) in [6.45, 7) is 6.07. The van der Waals surface area contributed by atoms with Gasteiger partial charge in [-0.3, -0.25) is 13.5 Å². The van der Waals surface area contributed by atoms with Gasteiger partial charge in [0.15, 0.2) is 5.88 Å². The number of nitrogens with zero attached hydrogens (tertiary/aromatic N) is 6. The molecule has 218 valence electrons. The molecule has 2 fully saturated rings. The molecule has 1 saturated carbocycles. The van der Waals surface area contributed by atoms with Crippen LogP contribution in [0.15, 0.2) is 30.3 Å². The summed E-state index contributed by atoms with van der Waals surface area (Å²) in [5.74, 6) is 1.40. The minimum Gasteiger partial charge on any atom is -0.482 e. The number of carbonyl (C=O) groups is 1. The number of methoxy groups -OCH3 is 1. The molecule has 1 aliphatic heterocycles. The summed E-state index contributed by atoms with van der Waals surface area (Å²) in [4.78, 5) is 25.1. The van der Waals surface area contributed by atoms with Gasteiger partial charge in [-0.1, -0.05) is 0 Å². The number of piperidine rings is 1. The van der Waals surface area contributed by atoms with Crippen LogP contribution in [-0.2, 0) is 16.6 Å². The maximum atomic E-state index is 13.4. The fourth-order valence-electron chi connectivity index (χ4n) is 5.93. The summed E-state index contributed by atoms with van der Waals surface area (Å²) >= 11 is 0. The van der Waals surface area contributed by atoms with Crippen molar-refractivity contribution in [2.45, 2.75) is 52.1 Å². The molecule has 2 aliphatic rings. The van der Waals surface area contributed by atoms with Gasteiger partial charge in [-0.2, -0.15) is 0 Å². The van der Waals surface area contributed by atoms with Crippen molar-refractivity contribution in [1.82, 2.24) is 23.8 Å². The lowest BCUT2D eigenvalue weighted by Gasteiger charge is -2.30. The van der Waals surface area contributed by atoms with Gasteiger partial charge in [-0.15, -0.1) is 0 Å². The van der Waals surface area contributed by atoms with Crippen LogP contribution in [-0.4, -0.2) is 77.2 Å². The maximum absolute atomic E-state index is 13.4. The van der Waals surface area contributed by atoms with E-state index < -0.39 is 10.0 Å². The molecular formula is C29H37N7O4S. The lowest BCUT2D eigenvalue weighted by molar-refractivity contribution is 0.0708. The van der Waals surface area contributed by atoms with E-state index in [4.69, 9.17) is 20.4 Å². The van der Waals surface area contributed by atoms with Crippen LogP contribution in [0.2, 0.25) is 0 Å². The molecule has 41 heavy (non-hydrogen) atoms. The molecule has 4 aromatic heterocycles. The lowest BCUT2D eigenvalue weighted by Crippen LogP contribution is -2.45. The first-order valence-corrected chi connectivity index (χ1v) is 16.0. The van der Waals surface area contributed by atoms with Crippen LogP contribution >= 0.6 is 0 Å². The van der Waals surface area contributed by atoms with Crippen LogP contribution in [0.3, 0.4) is 0 Å². The summed E-state index contributed by atoms with van der Waals surface area (Å²) in [6, 6.07) is 9.31. The Labute approximate surface area is 240 Å². The number of ether oxygens (including phenoxy) is 1. The third kappa shape index (κ3) is 5.03. The van der Waals surface area contributed by atoms with E-state index in [1.807, 2.05) is 28.4 Å². The van der Waals surface area contributed by atoms with Gasteiger partial charge in [0, 0.05) is 49.2 Å². The fourth-order valence-corrected chi connectivity index (χ4v) is 6.84. The Morgan fingerprint density at radius 2 is 1.95 bits per heavy atom. The Kier molecular flexibility index (Phi) is 6.93. The quantitative estimate of drug-likeness (QED) is 0.339. The lowest BCUT2D eigenvalue weighted by atomic mass is 10.1. The molecule has 0 aromatic carbocycles. The second-order valence-electron chi connectivity index (χ2n) is 11.3. The smallest absolute Gasteiger partial charge is 0.254 e. The highest BCUT2D eigenvalue weighted by atomic mass is 32.2. The first kappa shape index (κ1) is 27.5. The average Bonchev–Trinajstić information content (AvgIpc) is 3.61. The Bertz CT molecular complexity index is 1760. The second-order valence-corrected chi connectivity index (χ2v) is 13.2. The monoisotopic (exact) mass is 579 g/mol. The number of likely N-dealkylation sites (tertiary alicyclic amines) is 1. The van der Waals surface area contributed by atoms with Gasteiger partial charge in [0.25, 0.3) is 5.91 Å². The molecule has 1 atom stereocenters. The van der Waals surface area contributed by atoms with Crippen LogP contribution < -0.4 is 14.8 Å². The van der Waals surface area contributed by atoms with Gasteiger partial charge in [0.05, 0.1) is 24.8 Å². The molecule has 1 saturated heterocycles. The molecule has 0 unspecified atom stereocenters. The highest BCUT2D eigenvalue weighted by Gasteiger charge is 2.28. The maximum Gasteiger partial charge on any atom is 0.254 e. The number of pyridine rings is 2. The van der Waals surface area contributed by atoms with Gasteiger partial charge in [0.2, 0.25) is 10.0 Å². The zero-order valence-electron chi connectivity index (χ0n) is 24.0. The molecule has 1 aliphatic carbocycles. The minimum atomic E-state index is -3.47. The predicted molar refractivity (Wildman–Crippen MR) is 159 cm³/mol. The number of amides is 1. The zero-order valence-corrected chi connectivity index (χ0v) is 24.8. The van der Waals surface area contributed by atoms with Crippen molar-refractivity contribution >= 4 is 38.4 Å². The molecule has 12 heteroatoms. The Hall–Kier alpha value is -3.64. The highest BCUT2D eigenvalue weighted by molar-refractivity contribution is 7.92. The normalized spacial score (nSPS) is 17.9. The van der Waals surface area contributed by atoms with E-state index in [0.717, 1.165) is 60.3 Å². The summed E-state index contributed by atoms with van der Waals surface area (Å²) < 4.78 is 36.0. The van der Waals surface area contributed by atoms with Crippen LogP contribution in [0, 0.1) is 12.8 Å². The van der Waals surface area contributed by atoms with Gasteiger partial charge in [0.1, 0.15) is 22.8 Å². The average molecular weight is 580 g/mol. The van der Waals surface area contributed by atoms with E-state index >= 15 is 0 Å². The van der Waals surface area contributed by atoms with Crippen LogP contribution in [0.25, 0.3) is 28.1 Å². The van der Waals surface area contributed by atoms with E-state index in [2.05, 4.69) is 10.6 Å². The van der Waals surface area contributed by atoms with E-state index in [-0.39, 0.29) is 11.9 Å². The molecule has 2 N–H and O–H groups in total. The third-order valence-corrected chi connectivity index (χ3v) is 9.42. The number of rotatable bonds is 8. The highest BCUT2D eigenvalue weighted by Crippen LogP contribution is 2.37. The molecule has 1 amide bonds. The van der Waals surface area contributed by atoms with E-state index in [0.29, 0.717) is 48.5 Å². The summed E-state index contributed by atoms with van der Waals surface area (Å²) in [5.41, 5.74) is 10.6. The molecule has 0 bridgehead atoms. The van der Waals surface area contributed by atoms with Crippen molar-refractivity contribution in [3.63, 3.8) is 0 Å². The third-order valence-electron chi connectivity index (χ3n) is 8.17. The van der Waals surface area contributed by atoms with Gasteiger partial charge < -0.3 is 19.9 Å². The number of sulfonamides is 1. The van der Waals surface area contributed by atoms with Gasteiger partial charge >= 0.3 is 0 Å². The van der Waals surface area contributed by atoms with Crippen LogP contribution in [0.4, 0.5) is 5.82 Å². The Morgan fingerprint density at radius 3 is 2.61 bits per heavy atom. The van der Waals surface area contributed by atoms with E-state index in [1.54, 1.807) is 26.2 Å². The SMILES string of the molecule is CCN(c1ccc2cc(-c3nc4cc(C(=O)N5CCC[C@@H](N)C5)cc(OC)n4c3C)n(CC3CC3)c2n1)S(C)(=O)=O. The van der Waals surface area contributed by atoms with Crippen molar-refractivity contribution in [2.24, 2.45) is 11.7 Å². The number of hydrogen-bond donors (Lipinski definition) is 1. The molecule has 5 heterocycles. The van der Waals surface area contributed by atoms with Crippen molar-refractivity contribution < 1.29 is 17.9 Å². The molecule has 0 radical (unpaired) electrons. The number of aryl methyl sites for hydroxylation is 1.